The Hall–Kier alpha value is -5.94. The van der Waals surface area contributed by atoms with Crippen molar-refractivity contribution < 1.29 is 66.3 Å². The summed E-state index contributed by atoms with van der Waals surface area (Å²) in [7, 11) is 0. The molecule has 78 heavy (non-hydrogen) atoms. The number of nitrogens with zero attached hydrogens (tertiary/aromatic N) is 3. The number of fused-ring (bicyclic) bond motifs is 7. The van der Waals surface area contributed by atoms with Gasteiger partial charge in [0.25, 0.3) is 0 Å². The van der Waals surface area contributed by atoms with E-state index in [9.17, 15) is 19.8 Å². The molecule has 0 saturated carbocycles. The predicted molar refractivity (Wildman–Crippen MR) is 316 cm³/mol. The molecule has 10 heteroatoms. The molecule has 0 spiro atoms. The van der Waals surface area contributed by atoms with Gasteiger partial charge in [-0.25, -0.2) is 0 Å². The molecule has 4 heterocycles. The maximum Gasteiger partial charge on any atom is 0.164 e. The van der Waals surface area contributed by atoms with E-state index in [1.54, 1.807) is 0 Å². The summed E-state index contributed by atoms with van der Waals surface area (Å²) < 4.78 is 8.93. The van der Waals surface area contributed by atoms with E-state index < -0.39 is 0 Å². The second kappa shape index (κ2) is 26.8. The monoisotopic (exact) mass is 1410 g/mol. The maximum atomic E-state index is 12.2. The summed E-state index contributed by atoms with van der Waals surface area (Å²) in [4.78, 5) is 34.5. The predicted octanol–water partition coefficient (Wildman–Crippen LogP) is 18.9. The van der Waals surface area contributed by atoms with Crippen molar-refractivity contribution in [2.45, 2.75) is 134 Å². The number of ketones is 2. The molecule has 0 fully saturated rings. The van der Waals surface area contributed by atoms with E-state index in [1.165, 1.54) is 12.2 Å². The van der Waals surface area contributed by atoms with Crippen molar-refractivity contribution in [3.63, 3.8) is 0 Å². The van der Waals surface area contributed by atoms with Crippen LogP contribution >= 0.6 is 0 Å². The number of carbonyl (C=O) groups is 2. The van der Waals surface area contributed by atoms with Gasteiger partial charge in [-0.3, -0.25) is 19.6 Å². The first-order valence-electron chi connectivity index (χ1n) is 27.4. The SMILES string of the molecule is CCC(C)(CC)C(=O)/C=C(\O)C(C)(CC)CC.CCC(C)(CC)C(=O)/C=C(\O)C(C)(CC)CC.[Pt].[Pt].[c-]1ccc2c(oc3c(-c4ccc5c(n4)c4ccccc4n5-c4ccccc4)[c-]ccc32)c1-c1ccc2ccccc2n1. The Bertz CT molecular complexity index is 3500. The molecule has 9 rings (SSSR count). The van der Waals surface area contributed by atoms with Crippen LogP contribution in [0.3, 0.4) is 0 Å². The molecule has 4 aromatic heterocycles. The fourth-order valence-electron chi connectivity index (χ4n) is 9.48. The third-order valence-corrected chi connectivity index (χ3v) is 17.2. The van der Waals surface area contributed by atoms with Gasteiger partial charge in [0.15, 0.2) is 11.6 Å². The smallest absolute Gasteiger partial charge is 0.164 e. The molecule has 0 radical (unpaired) electrons. The van der Waals surface area contributed by atoms with Crippen LogP contribution in [0.2, 0.25) is 0 Å². The Balaban J connectivity index is 0.000000262. The second-order valence-electron chi connectivity index (χ2n) is 21.3. The molecule has 0 bridgehead atoms. The van der Waals surface area contributed by atoms with Crippen LogP contribution in [0.1, 0.15) is 134 Å². The third kappa shape index (κ3) is 12.7. The summed E-state index contributed by atoms with van der Waals surface area (Å²) in [5.74, 6) is 0.572. The van der Waals surface area contributed by atoms with Crippen LogP contribution in [-0.4, -0.2) is 36.3 Å². The number of hydrogen-bond donors (Lipinski definition) is 2. The largest absolute Gasteiger partial charge is 0.545 e. The van der Waals surface area contributed by atoms with E-state index >= 15 is 0 Å². The van der Waals surface area contributed by atoms with E-state index in [0.717, 1.165) is 134 Å². The second-order valence-corrected chi connectivity index (χ2v) is 21.3. The van der Waals surface area contributed by atoms with E-state index in [1.807, 2.05) is 126 Å². The molecule has 0 aliphatic carbocycles. The summed E-state index contributed by atoms with van der Waals surface area (Å²) in [5, 5.41) is 24.5. The molecule has 0 unspecified atom stereocenters. The first-order valence-corrected chi connectivity index (χ1v) is 27.4. The van der Waals surface area contributed by atoms with Crippen molar-refractivity contribution in [2.75, 3.05) is 0 Å². The molecule has 0 atom stereocenters. The molecule has 0 aliphatic heterocycles. The molecule has 5 aromatic carbocycles. The molecule has 0 saturated heterocycles. The molecular formula is C68H77N3O5Pt2-2. The van der Waals surface area contributed by atoms with Gasteiger partial charge in [-0.2, -0.15) is 0 Å². The van der Waals surface area contributed by atoms with Gasteiger partial charge < -0.3 is 19.2 Å². The Morgan fingerprint density at radius 2 is 0.936 bits per heavy atom. The van der Waals surface area contributed by atoms with Gasteiger partial charge in [0.2, 0.25) is 0 Å². The van der Waals surface area contributed by atoms with Crippen molar-refractivity contribution in [1.82, 2.24) is 14.5 Å². The zero-order chi connectivity index (χ0) is 55.0. The zero-order valence-electron chi connectivity index (χ0n) is 47.5. The van der Waals surface area contributed by atoms with Crippen LogP contribution in [0.4, 0.5) is 0 Å². The fourth-order valence-corrected chi connectivity index (χ4v) is 9.48. The third-order valence-electron chi connectivity index (χ3n) is 17.2. The average Bonchev–Trinajstić information content (AvgIpc) is 4.14. The van der Waals surface area contributed by atoms with Gasteiger partial charge in [-0.1, -0.05) is 178 Å². The van der Waals surface area contributed by atoms with Crippen molar-refractivity contribution in [3.05, 3.63) is 163 Å². The maximum absolute atomic E-state index is 12.2. The summed E-state index contributed by atoms with van der Waals surface area (Å²) in [5.41, 5.74) is 8.81. The number of allylic oxidation sites excluding steroid dienone is 4. The molecule has 8 nitrogen and oxygen atoms in total. The van der Waals surface area contributed by atoms with Gasteiger partial charge in [0, 0.05) is 98.2 Å². The van der Waals surface area contributed by atoms with Gasteiger partial charge >= 0.3 is 0 Å². The van der Waals surface area contributed by atoms with Crippen molar-refractivity contribution in [2.24, 2.45) is 21.7 Å². The quantitative estimate of drug-likeness (QED) is 0.0529. The number of pyridine rings is 2. The number of aliphatic hydroxyl groups is 2. The van der Waals surface area contributed by atoms with E-state index in [0.29, 0.717) is 0 Å². The van der Waals surface area contributed by atoms with Crippen LogP contribution in [0.5, 0.6) is 0 Å². The van der Waals surface area contributed by atoms with Gasteiger partial charge in [0.1, 0.15) is 11.5 Å². The molecule has 416 valence electrons. The van der Waals surface area contributed by atoms with E-state index in [-0.39, 0.29) is 86.9 Å². The van der Waals surface area contributed by atoms with Gasteiger partial charge in [-0.15, -0.1) is 36.4 Å². The number of hydrogen-bond acceptors (Lipinski definition) is 7. The number of benzene rings is 5. The Morgan fingerprint density at radius 3 is 1.44 bits per heavy atom. The van der Waals surface area contributed by atoms with Crippen LogP contribution < -0.4 is 0 Å². The van der Waals surface area contributed by atoms with Crippen LogP contribution in [0.25, 0.3) is 83.0 Å². The van der Waals surface area contributed by atoms with E-state index in [4.69, 9.17) is 14.4 Å². The molecule has 0 aliphatic rings. The van der Waals surface area contributed by atoms with Gasteiger partial charge in [0.05, 0.1) is 22.1 Å². The van der Waals surface area contributed by atoms with Crippen molar-refractivity contribution in [3.8, 4) is 28.2 Å². The Labute approximate surface area is 491 Å². The zero-order valence-corrected chi connectivity index (χ0v) is 52.1. The first kappa shape index (κ1) is 62.9. The van der Waals surface area contributed by atoms with Crippen LogP contribution in [-0.2, 0) is 51.7 Å². The van der Waals surface area contributed by atoms with Gasteiger partial charge in [-0.05, 0) is 98.5 Å². The van der Waals surface area contributed by atoms with Crippen molar-refractivity contribution in [1.29, 1.82) is 0 Å². The Morgan fingerprint density at radius 1 is 0.500 bits per heavy atom. The number of rotatable bonds is 17. The first-order chi connectivity index (χ1) is 36.4. The number of carbonyl (C=O) groups excluding carboxylic acids is 2. The topological polar surface area (TPSA) is 118 Å². The number of aliphatic hydroxyl groups excluding tert-OH is 2. The Kier molecular flexibility index (Phi) is 21.6. The number of para-hydroxylation sites is 3. The summed E-state index contributed by atoms with van der Waals surface area (Å²) >= 11 is 0. The van der Waals surface area contributed by atoms with E-state index in [2.05, 4.69) is 102 Å². The molecular weight excluding hydrogens is 1330 g/mol. The standard InChI is InChI=1S/C38H21N3O.2C15H28O2.2Pt/c1-2-11-25(12-3-1)41-34-19-7-5-13-30(34)36-35(41)23-22-33(40-36)29-17-9-15-27-26-14-8-16-28(37(26)42-38(27)29)32-21-20-24-10-4-6-18-31(24)39-32;2*1-7-14(5,8-2)12(16)11-13(17)15(6,9-3)10-4;;/h1-15,18-23H;2*11,16H,7-10H2,1-6H3;;/q-2;;;;/b;2*12-11-;;. The van der Waals surface area contributed by atoms with Crippen molar-refractivity contribution >= 4 is 66.3 Å². The summed E-state index contributed by atoms with van der Waals surface area (Å²) in [6, 6.07) is 50.2. The molecule has 0 amide bonds. The average molecular weight is 1410 g/mol. The fraction of sp³-hybridized carbons (Fsp3) is 0.353. The number of furan rings is 1. The normalized spacial score (nSPS) is 12.4. The minimum absolute atomic E-state index is 0. The molecule has 9 aromatic rings. The minimum atomic E-state index is -0.337. The summed E-state index contributed by atoms with van der Waals surface area (Å²) in [6.07, 6.45) is 9.51. The summed E-state index contributed by atoms with van der Waals surface area (Å²) in [6.45, 7) is 24.2. The number of aromatic nitrogens is 3. The molecule has 2 N–H and O–H groups in total. The minimum Gasteiger partial charge on any atom is -0.545 e. The van der Waals surface area contributed by atoms with Crippen LogP contribution in [0, 0.1) is 33.8 Å². The van der Waals surface area contributed by atoms with Crippen LogP contribution in [0.15, 0.2) is 155 Å².